The van der Waals surface area contributed by atoms with Crippen molar-refractivity contribution < 1.29 is 9.47 Å². The Balaban J connectivity index is 1.55. The first-order valence-electron chi connectivity index (χ1n) is 10.1. The lowest BCUT2D eigenvalue weighted by atomic mass is 9.76. The van der Waals surface area contributed by atoms with Crippen LogP contribution >= 0.6 is 23.2 Å². The summed E-state index contributed by atoms with van der Waals surface area (Å²) in [5.41, 5.74) is 5.08. The molecule has 1 N–H and O–H groups in total. The Morgan fingerprint density at radius 1 is 0.833 bits per heavy atom. The molecule has 0 aliphatic heterocycles. The molecule has 1 aliphatic carbocycles. The number of fused-ring (bicyclic) bond motifs is 1. The van der Waals surface area contributed by atoms with Crippen LogP contribution in [0.25, 0.3) is 0 Å². The molecule has 0 saturated carbocycles. The summed E-state index contributed by atoms with van der Waals surface area (Å²) < 4.78 is 10.8. The average molecular weight is 442 g/mol. The molecule has 0 bridgehead atoms. The summed E-state index contributed by atoms with van der Waals surface area (Å²) in [4.78, 5) is 0. The Morgan fingerprint density at radius 2 is 1.60 bits per heavy atom. The van der Waals surface area contributed by atoms with E-state index in [2.05, 4.69) is 41.7 Å². The summed E-state index contributed by atoms with van der Waals surface area (Å²) in [5.74, 6) is 1.82. The molecule has 0 unspecified atom stereocenters. The number of benzene rings is 3. The van der Waals surface area contributed by atoms with E-state index in [1.165, 1.54) is 16.7 Å². The molecule has 1 aliphatic rings. The number of halogens is 2. The molecule has 0 radical (unpaired) electrons. The number of rotatable bonds is 6. The van der Waals surface area contributed by atoms with Gasteiger partial charge in [0.25, 0.3) is 0 Å². The quantitative estimate of drug-likeness (QED) is 0.457. The van der Waals surface area contributed by atoms with Gasteiger partial charge in [0.15, 0.2) is 11.5 Å². The zero-order chi connectivity index (χ0) is 21.1. The van der Waals surface area contributed by atoms with Crippen molar-refractivity contribution in [2.75, 3.05) is 14.2 Å². The third-order valence-corrected chi connectivity index (χ3v) is 6.58. The lowest BCUT2D eigenvalue weighted by molar-refractivity contribution is 0.354. The van der Waals surface area contributed by atoms with Crippen molar-refractivity contribution in [3.05, 3.63) is 93.0 Å². The highest BCUT2D eigenvalue weighted by atomic mass is 35.5. The van der Waals surface area contributed by atoms with Crippen LogP contribution in [0.1, 0.15) is 47.1 Å². The molecule has 0 fully saturated rings. The molecule has 0 saturated heterocycles. The largest absolute Gasteiger partial charge is 0.493 e. The molecule has 4 rings (SSSR count). The maximum absolute atomic E-state index is 6.29. The summed E-state index contributed by atoms with van der Waals surface area (Å²) >= 11 is 12.4. The molecule has 156 valence electrons. The van der Waals surface area contributed by atoms with Crippen LogP contribution in [-0.4, -0.2) is 14.2 Å². The maximum atomic E-state index is 6.29. The minimum absolute atomic E-state index is 0.299. The third-order valence-electron chi connectivity index (χ3n) is 5.84. The van der Waals surface area contributed by atoms with Crippen molar-refractivity contribution in [1.82, 2.24) is 5.32 Å². The van der Waals surface area contributed by atoms with Crippen LogP contribution in [-0.2, 0) is 6.54 Å². The number of methoxy groups -OCH3 is 2. The summed E-state index contributed by atoms with van der Waals surface area (Å²) in [6.45, 7) is 0.761. The second-order valence-corrected chi connectivity index (χ2v) is 8.37. The first kappa shape index (κ1) is 21.0. The fraction of sp³-hybridized carbons (Fsp3) is 0.280. The zero-order valence-electron chi connectivity index (χ0n) is 17.1. The van der Waals surface area contributed by atoms with Crippen molar-refractivity contribution in [2.45, 2.75) is 31.3 Å². The zero-order valence-corrected chi connectivity index (χ0v) is 18.6. The van der Waals surface area contributed by atoms with Crippen LogP contribution in [0.4, 0.5) is 0 Å². The normalized spacial score (nSPS) is 18.0. The fourth-order valence-corrected chi connectivity index (χ4v) is 4.62. The van der Waals surface area contributed by atoms with E-state index in [4.69, 9.17) is 32.7 Å². The molecule has 3 nitrogen and oxygen atoms in total. The fourth-order valence-electron chi connectivity index (χ4n) is 4.31. The van der Waals surface area contributed by atoms with Crippen molar-refractivity contribution in [3.63, 3.8) is 0 Å². The third kappa shape index (κ3) is 4.29. The van der Waals surface area contributed by atoms with Crippen molar-refractivity contribution in [2.24, 2.45) is 0 Å². The van der Waals surface area contributed by atoms with Crippen LogP contribution in [0.2, 0.25) is 10.0 Å². The first-order chi connectivity index (χ1) is 14.6. The summed E-state index contributed by atoms with van der Waals surface area (Å²) in [5, 5.41) is 4.94. The van der Waals surface area contributed by atoms with Gasteiger partial charge in [0.1, 0.15) is 0 Å². The van der Waals surface area contributed by atoms with Gasteiger partial charge in [0.2, 0.25) is 0 Å². The van der Waals surface area contributed by atoms with Crippen LogP contribution in [0, 0.1) is 0 Å². The Kier molecular flexibility index (Phi) is 6.52. The molecule has 0 amide bonds. The Hall–Kier alpha value is -2.20. The Morgan fingerprint density at radius 3 is 2.33 bits per heavy atom. The Labute approximate surface area is 187 Å². The molecule has 0 spiro atoms. The van der Waals surface area contributed by atoms with E-state index in [9.17, 15) is 0 Å². The molecule has 0 aromatic heterocycles. The van der Waals surface area contributed by atoms with Gasteiger partial charge in [-0.3, -0.25) is 0 Å². The highest BCUT2D eigenvalue weighted by molar-refractivity contribution is 6.42. The molecule has 30 heavy (non-hydrogen) atoms. The van der Waals surface area contributed by atoms with E-state index in [0.717, 1.165) is 36.4 Å². The number of hydrogen-bond donors (Lipinski definition) is 1. The van der Waals surface area contributed by atoms with Gasteiger partial charge in [0, 0.05) is 18.5 Å². The predicted molar refractivity (Wildman–Crippen MR) is 123 cm³/mol. The van der Waals surface area contributed by atoms with Gasteiger partial charge in [-0.05, 0) is 59.4 Å². The van der Waals surface area contributed by atoms with Crippen molar-refractivity contribution >= 4 is 23.2 Å². The summed E-state index contributed by atoms with van der Waals surface area (Å²) in [7, 11) is 3.31. The second-order valence-electron chi connectivity index (χ2n) is 7.56. The smallest absolute Gasteiger partial charge is 0.161 e. The minimum Gasteiger partial charge on any atom is -0.493 e. The van der Waals surface area contributed by atoms with E-state index in [-0.39, 0.29) is 0 Å². The number of ether oxygens (including phenoxy) is 2. The average Bonchev–Trinajstić information content (AvgIpc) is 2.79. The maximum Gasteiger partial charge on any atom is 0.161 e. The van der Waals surface area contributed by atoms with Gasteiger partial charge in [-0.2, -0.15) is 0 Å². The van der Waals surface area contributed by atoms with Crippen LogP contribution in [0.3, 0.4) is 0 Å². The molecular weight excluding hydrogens is 417 g/mol. The van der Waals surface area contributed by atoms with Crippen molar-refractivity contribution in [1.29, 1.82) is 0 Å². The van der Waals surface area contributed by atoms with Crippen LogP contribution in [0.15, 0.2) is 60.7 Å². The molecular formula is C25H25Cl2NO2. The van der Waals surface area contributed by atoms with Gasteiger partial charge in [-0.1, -0.05) is 59.6 Å². The molecule has 0 heterocycles. The van der Waals surface area contributed by atoms with E-state index in [1.54, 1.807) is 14.2 Å². The summed E-state index contributed by atoms with van der Waals surface area (Å²) in [6, 6.07) is 21.0. The second kappa shape index (κ2) is 9.30. The van der Waals surface area contributed by atoms with Gasteiger partial charge >= 0.3 is 0 Å². The van der Waals surface area contributed by atoms with E-state index >= 15 is 0 Å². The SMILES string of the molecule is COc1ccc(CN[C@@H]2CC[C@@H](c3ccc(Cl)c(Cl)c3)c3ccccc32)cc1OC. The highest BCUT2D eigenvalue weighted by Crippen LogP contribution is 2.42. The lowest BCUT2D eigenvalue weighted by Gasteiger charge is -2.33. The Bertz CT molecular complexity index is 1040. The van der Waals surface area contributed by atoms with Gasteiger partial charge in [-0.25, -0.2) is 0 Å². The van der Waals surface area contributed by atoms with Crippen LogP contribution in [0.5, 0.6) is 11.5 Å². The number of nitrogens with one attached hydrogen (secondary N) is 1. The van der Waals surface area contributed by atoms with Crippen molar-refractivity contribution in [3.8, 4) is 11.5 Å². The van der Waals surface area contributed by atoms with Gasteiger partial charge < -0.3 is 14.8 Å². The number of hydrogen-bond acceptors (Lipinski definition) is 3. The van der Waals surface area contributed by atoms with E-state index in [0.29, 0.717) is 22.0 Å². The topological polar surface area (TPSA) is 30.5 Å². The molecule has 3 aromatic carbocycles. The van der Waals surface area contributed by atoms with E-state index < -0.39 is 0 Å². The predicted octanol–water partition coefficient (Wildman–Crippen LogP) is 6.77. The van der Waals surface area contributed by atoms with E-state index in [1.807, 2.05) is 24.3 Å². The lowest BCUT2D eigenvalue weighted by Crippen LogP contribution is -2.26. The van der Waals surface area contributed by atoms with Gasteiger partial charge in [-0.15, -0.1) is 0 Å². The van der Waals surface area contributed by atoms with Gasteiger partial charge in [0.05, 0.1) is 24.3 Å². The minimum atomic E-state index is 0.299. The molecule has 3 aromatic rings. The van der Waals surface area contributed by atoms with Crippen LogP contribution < -0.4 is 14.8 Å². The molecule has 2 atom stereocenters. The molecule has 5 heteroatoms. The standard InChI is InChI=1S/C25H25Cl2NO2/c1-29-24-12-7-16(13-25(24)30-2)15-28-23-11-9-18(19-5-3-4-6-20(19)23)17-8-10-21(26)22(27)14-17/h3-8,10,12-14,18,23,28H,9,11,15H2,1-2H3/t18-,23+/m0/s1. The first-order valence-corrected chi connectivity index (χ1v) is 10.8. The summed E-state index contributed by atoms with van der Waals surface area (Å²) in [6.07, 6.45) is 2.10. The highest BCUT2D eigenvalue weighted by Gasteiger charge is 2.28. The monoisotopic (exact) mass is 441 g/mol.